The Morgan fingerprint density at radius 3 is 2.69 bits per heavy atom. The third kappa shape index (κ3) is 1.46. The molecule has 0 unspecified atom stereocenters. The molecule has 0 saturated heterocycles. The lowest BCUT2D eigenvalue weighted by Crippen LogP contribution is -2.16. The first kappa shape index (κ1) is 8.34. The second kappa shape index (κ2) is 2.61. The Morgan fingerprint density at radius 2 is 2.31 bits per heavy atom. The molecule has 0 radical (unpaired) electrons. The topological polar surface area (TPSA) is 60.7 Å². The zero-order chi connectivity index (χ0) is 9.47. The van der Waals surface area contributed by atoms with Crippen LogP contribution >= 0.6 is 0 Å². The molecule has 0 amide bonds. The summed E-state index contributed by atoms with van der Waals surface area (Å²) in [6.45, 7) is 1.64. The van der Waals surface area contributed by atoms with Gasteiger partial charge in [-0.05, 0) is 25.0 Å². The summed E-state index contributed by atoms with van der Waals surface area (Å²) in [5, 5.41) is 11.7. The Balaban J connectivity index is 2.10. The molecule has 5 heteroatoms. The first-order valence-corrected chi connectivity index (χ1v) is 4.36. The van der Waals surface area contributed by atoms with E-state index in [1.807, 2.05) is 0 Å². The average Bonchev–Trinajstić information content (AvgIpc) is 2.72. The second-order valence-corrected chi connectivity index (χ2v) is 3.71. The van der Waals surface area contributed by atoms with Gasteiger partial charge in [-0.25, -0.2) is 0 Å². The van der Waals surface area contributed by atoms with Crippen molar-refractivity contribution in [3.05, 3.63) is 5.82 Å². The van der Waals surface area contributed by atoms with Crippen LogP contribution in [0.4, 0.5) is 0 Å². The minimum absolute atomic E-state index is 0.150. The highest BCUT2D eigenvalue weighted by molar-refractivity contribution is 5.85. The number of nitrogens with zero attached hydrogens (tertiary/aromatic N) is 4. The van der Waals surface area contributed by atoms with Gasteiger partial charge in [-0.2, -0.15) is 4.80 Å². The number of ketones is 1. The summed E-state index contributed by atoms with van der Waals surface area (Å²) >= 11 is 0. The largest absolute Gasteiger partial charge is 0.299 e. The van der Waals surface area contributed by atoms with E-state index in [9.17, 15) is 4.79 Å². The molecule has 13 heavy (non-hydrogen) atoms. The van der Waals surface area contributed by atoms with Gasteiger partial charge in [0.1, 0.15) is 5.78 Å². The minimum atomic E-state index is -0.150. The predicted octanol–water partition coefficient (Wildman–Crippen LogP) is 0.122. The SMILES string of the molecule is CC(=O)C1(Cc2nnn(C)n2)CC1. The summed E-state index contributed by atoms with van der Waals surface area (Å²) in [6, 6.07) is 0. The Morgan fingerprint density at radius 1 is 1.62 bits per heavy atom. The van der Waals surface area contributed by atoms with Crippen LogP contribution in [-0.2, 0) is 18.3 Å². The van der Waals surface area contributed by atoms with Gasteiger partial charge in [-0.3, -0.25) is 4.79 Å². The van der Waals surface area contributed by atoms with E-state index in [0.717, 1.165) is 12.8 Å². The van der Waals surface area contributed by atoms with Crippen molar-refractivity contribution >= 4 is 5.78 Å². The number of aromatic nitrogens is 4. The summed E-state index contributed by atoms with van der Waals surface area (Å²) in [5.41, 5.74) is -0.150. The van der Waals surface area contributed by atoms with Gasteiger partial charge in [0.15, 0.2) is 5.82 Å². The first-order chi connectivity index (χ1) is 6.12. The zero-order valence-electron chi connectivity index (χ0n) is 7.82. The van der Waals surface area contributed by atoms with Crippen LogP contribution < -0.4 is 0 Å². The molecule has 0 atom stereocenters. The van der Waals surface area contributed by atoms with E-state index in [1.165, 1.54) is 4.80 Å². The first-order valence-electron chi connectivity index (χ1n) is 4.36. The lowest BCUT2D eigenvalue weighted by atomic mass is 9.98. The Hall–Kier alpha value is -1.26. The maximum atomic E-state index is 11.3. The standard InChI is InChI=1S/C8H12N4O/c1-6(13)8(3-4-8)5-7-9-11-12(2)10-7/h3-5H2,1-2H3. The lowest BCUT2D eigenvalue weighted by molar-refractivity contribution is -0.122. The van der Waals surface area contributed by atoms with E-state index >= 15 is 0 Å². The molecule has 1 heterocycles. The fourth-order valence-electron chi connectivity index (χ4n) is 1.50. The van der Waals surface area contributed by atoms with E-state index in [-0.39, 0.29) is 11.2 Å². The monoisotopic (exact) mass is 180 g/mol. The van der Waals surface area contributed by atoms with E-state index in [1.54, 1.807) is 14.0 Å². The van der Waals surface area contributed by atoms with Crippen molar-refractivity contribution in [2.45, 2.75) is 26.2 Å². The van der Waals surface area contributed by atoms with Gasteiger partial charge < -0.3 is 0 Å². The minimum Gasteiger partial charge on any atom is -0.299 e. The fraction of sp³-hybridized carbons (Fsp3) is 0.750. The molecule has 1 aliphatic carbocycles. The van der Waals surface area contributed by atoms with Crippen LogP contribution in [0.15, 0.2) is 0 Å². The fourth-order valence-corrected chi connectivity index (χ4v) is 1.50. The van der Waals surface area contributed by atoms with Gasteiger partial charge in [0, 0.05) is 11.8 Å². The third-order valence-electron chi connectivity index (χ3n) is 2.65. The number of hydrogen-bond acceptors (Lipinski definition) is 4. The van der Waals surface area contributed by atoms with Crippen LogP contribution in [0.3, 0.4) is 0 Å². The number of Topliss-reactive ketones (excluding diaryl/α,β-unsaturated/α-hetero) is 1. The summed E-state index contributed by atoms with van der Waals surface area (Å²) in [5.74, 6) is 0.926. The molecule has 5 nitrogen and oxygen atoms in total. The number of rotatable bonds is 3. The second-order valence-electron chi connectivity index (χ2n) is 3.71. The van der Waals surface area contributed by atoms with Crippen LogP contribution in [0.2, 0.25) is 0 Å². The summed E-state index contributed by atoms with van der Waals surface area (Å²) < 4.78 is 0. The molecule has 1 saturated carbocycles. The molecular weight excluding hydrogens is 168 g/mol. The van der Waals surface area contributed by atoms with Crippen LogP contribution in [0.5, 0.6) is 0 Å². The molecule has 0 N–H and O–H groups in total. The highest BCUT2D eigenvalue weighted by Gasteiger charge is 2.48. The number of carbonyl (C=O) groups excluding carboxylic acids is 1. The van der Waals surface area contributed by atoms with Crippen molar-refractivity contribution in [1.29, 1.82) is 0 Å². The predicted molar refractivity (Wildman–Crippen MR) is 44.9 cm³/mol. The van der Waals surface area contributed by atoms with Crippen LogP contribution in [-0.4, -0.2) is 26.0 Å². The highest BCUT2D eigenvalue weighted by Crippen LogP contribution is 2.48. The molecule has 1 aliphatic rings. The molecule has 70 valence electrons. The quantitative estimate of drug-likeness (QED) is 0.663. The van der Waals surface area contributed by atoms with Gasteiger partial charge in [0.2, 0.25) is 0 Å². The Bertz CT molecular complexity index is 340. The van der Waals surface area contributed by atoms with Gasteiger partial charge in [0.05, 0.1) is 7.05 Å². The number of carbonyl (C=O) groups is 1. The molecule has 0 aliphatic heterocycles. The third-order valence-corrected chi connectivity index (χ3v) is 2.65. The Kier molecular flexibility index (Phi) is 1.68. The average molecular weight is 180 g/mol. The molecule has 2 rings (SSSR count). The number of aryl methyl sites for hydroxylation is 1. The molecule has 1 aromatic rings. The Labute approximate surface area is 76.1 Å². The van der Waals surface area contributed by atoms with Gasteiger partial charge in [-0.15, -0.1) is 10.2 Å². The van der Waals surface area contributed by atoms with E-state index in [2.05, 4.69) is 15.4 Å². The van der Waals surface area contributed by atoms with Crippen molar-refractivity contribution in [3.8, 4) is 0 Å². The van der Waals surface area contributed by atoms with Crippen LogP contribution in [0.1, 0.15) is 25.6 Å². The van der Waals surface area contributed by atoms with Crippen molar-refractivity contribution in [2.24, 2.45) is 12.5 Å². The molecule has 0 bridgehead atoms. The molecular formula is C8H12N4O. The number of tetrazole rings is 1. The van der Waals surface area contributed by atoms with Gasteiger partial charge in [-0.1, -0.05) is 0 Å². The van der Waals surface area contributed by atoms with Crippen molar-refractivity contribution < 1.29 is 4.79 Å². The van der Waals surface area contributed by atoms with Crippen molar-refractivity contribution in [3.63, 3.8) is 0 Å². The van der Waals surface area contributed by atoms with E-state index in [0.29, 0.717) is 12.2 Å². The summed E-state index contributed by atoms with van der Waals surface area (Å²) in [4.78, 5) is 12.7. The smallest absolute Gasteiger partial charge is 0.175 e. The molecule has 0 spiro atoms. The number of hydrogen-bond donors (Lipinski definition) is 0. The molecule has 0 aromatic carbocycles. The molecule has 1 aromatic heterocycles. The van der Waals surface area contributed by atoms with Crippen molar-refractivity contribution in [1.82, 2.24) is 20.2 Å². The maximum Gasteiger partial charge on any atom is 0.175 e. The maximum absolute atomic E-state index is 11.3. The summed E-state index contributed by atoms with van der Waals surface area (Å²) in [6.07, 6.45) is 2.59. The summed E-state index contributed by atoms with van der Waals surface area (Å²) in [7, 11) is 1.73. The zero-order valence-corrected chi connectivity index (χ0v) is 7.82. The van der Waals surface area contributed by atoms with Crippen LogP contribution in [0.25, 0.3) is 0 Å². The van der Waals surface area contributed by atoms with Gasteiger partial charge in [0.25, 0.3) is 0 Å². The van der Waals surface area contributed by atoms with E-state index < -0.39 is 0 Å². The molecule has 1 fully saturated rings. The lowest BCUT2D eigenvalue weighted by Gasteiger charge is -2.06. The van der Waals surface area contributed by atoms with Crippen molar-refractivity contribution in [2.75, 3.05) is 0 Å². The normalized spacial score (nSPS) is 18.6. The van der Waals surface area contributed by atoms with E-state index in [4.69, 9.17) is 0 Å². The van der Waals surface area contributed by atoms with Crippen LogP contribution in [0, 0.1) is 5.41 Å². The van der Waals surface area contributed by atoms with Gasteiger partial charge >= 0.3 is 0 Å². The highest BCUT2D eigenvalue weighted by atomic mass is 16.1.